The Morgan fingerprint density at radius 1 is 1.28 bits per heavy atom. The van der Waals surface area contributed by atoms with Crippen LogP contribution in [-0.2, 0) is 16.0 Å². The molecule has 0 saturated carbocycles. The first-order chi connectivity index (χ1) is 18.6. The quantitative estimate of drug-likeness (QED) is 0.363. The highest BCUT2D eigenvalue weighted by Gasteiger charge is 2.25. The van der Waals surface area contributed by atoms with Gasteiger partial charge in [-0.25, -0.2) is 4.98 Å². The van der Waals surface area contributed by atoms with E-state index in [1.54, 1.807) is 22.3 Å². The van der Waals surface area contributed by atoms with Gasteiger partial charge in [0.1, 0.15) is 11.5 Å². The molecule has 3 heterocycles. The van der Waals surface area contributed by atoms with Crippen molar-refractivity contribution < 1.29 is 24.0 Å². The van der Waals surface area contributed by atoms with Crippen molar-refractivity contribution in [3.05, 3.63) is 52.5 Å². The van der Waals surface area contributed by atoms with Crippen LogP contribution in [0.3, 0.4) is 0 Å². The second-order valence-corrected chi connectivity index (χ2v) is 10.6. The number of hydrogen-bond donors (Lipinski definition) is 2. The number of β-amino-alcohol motifs (C(OH)–C–C–N with tert-alkyl or cyclic N) is 1. The molecular formula is C29H42N4O5S. The third kappa shape index (κ3) is 10.1. The molecule has 1 saturated heterocycles. The molecule has 1 aliphatic heterocycles. The van der Waals surface area contributed by atoms with Crippen LogP contribution in [0.1, 0.15) is 76.2 Å². The maximum absolute atomic E-state index is 11.7. The van der Waals surface area contributed by atoms with Crippen molar-refractivity contribution in [3.8, 4) is 16.2 Å². The number of aromatic nitrogens is 2. The number of aliphatic hydroxyl groups excluding tert-OH is 1. The summed E-state index contributed by atoms with van der Waals surface area (Å²) in [7, 11) is 0. The first-order valence-corrected chi connectivity index (χ1v) is 14.3. The summed E-state index contributed by atoms with van der Waals surface area (Å²) >= 11 is 1.62. The fourth-order valence-corrected chi connectivity index (χ4v) is 4.69. The summed E-state index contributed by atoms with van der Waals surface area (Å²) in [5.74, 6) is 1.37. The van der Waals surface area contributed by atoms with Gasteiger partial charge in [0, 0.05) is 24.7 Å². The van der Waals surface area contributed by atoms with Crippen molar-refractivity contribution in [2.75, 3.05) is 13.1 Å². The Morgan fingerprint density at radius 2 is 2.00 bits per heavy atom. The number of hydrogen-bond acceptors (Lipinski definition) is 8. The fraction of sp³-hybridized carbons (Fsp3) is 0.517. The van der Waals surface area contributed by atoms with Gasteiger partial charge in [-0.1, -0.05) is 37.6 Å². The number of rotatable bonds is 8. The van der Waals surface area contributed by atoms with Gasteiger partial charge in [-0.05, 0) is 52.7 Å². The number of aliphatic hydroxyl groups is 1. The van der Waals surface area contributed by atoms with Crippen molar-refractivity contribution in [1.82, 2.24) is 20.4 Å². The SMILES string of the molecule is CCC.Cc1cc(CC(=O)N2CCC(O)C2)on1.Cc1ncsc1-c1ccc(C(C)NC=O)c(OC(C)C)c1. The van der Waals surface area contributed by atoms with Gasteiger partial charge in [0.15, 0.2) is 0 Å². The second kappa shape index (κ2) is 16.0. The van der Waals surface area contributed by atoms with Crippen LogP contribution in [0, 0.1) is 13.8 Å². The predicted molar refractivity (Wildman–Crippen MR) is 154 cm³/mol. The van der Waals surface area contributed by atoms with Crippen LogP contribution < -0.4 is 10.1 Å². The summed E-state index contributed by atoms with van der Waals surface area (Å²) in [5.41, 5.74) is 5.70. The van der Waals surface area contributed by atoms with Crippen LogP contribution >= 0.6 is 11.3 Å². The first kappa shape index (κ1) is 32.0. The highest BCUT2D eigenvalue weighted by molar-refractivity contribution is 7.13. The molecule has 9 nitrogen and oxygen atoms in total. The van der Waals surface area contributed by atoms with E-state index in [-0.39, 0.29) is 30.6 Å². The summed E-state index contributed by atoms with van der Waals surface area (Å²) in [6, 6.07) is 7.75. The van der Waals surface area contributed by atoms with Crippen molar-refractivity contribution in [3.63, 3.8) is 0 Å². The zero-order valence-electron chi connectivity index (χ0n) is 24.1. The lowest BCUT2D eigenvalue weighted by atomic mass is 10.0. The molecule has 3 aromatic rings. The third-order valence-corrected chi connectivity index (χ3v) is 6.66. The topological polar surface area (TPSA) is 118 Å². The molecule has 0 radical (unpaired) electrons. The smallest absolute Gasteiger partial charge is 0.230 e. The molecule has 2 atom stereocenters. The Balaban J connectivity index is 0.000000259. The molecule has 2 amide bonds. The Labute approximate surface area is 235 Å². The zero-order chi connectivity index (χ0) is 28.9. The highest BCUT2D eigenvalue weighted by atomic mass is 32.1. The minimum atomic E-state index is -0.370. The van der Waals surface area contributed by atoms with Crippen LogP contribution in [0.25, 0.3) is 10.4 Å². The molecule has 1 fully saturated rings. The molecule has 0 bridgehead atoms. The molecule has 0 spiro atoms. The summed E-state index contributed by atoms with van der Waals surface area (Å²) in [6.07, 6.45) is 2.56. The van der Waals surface area contributed by atoms with E-state index in [9.17, 15) is 14.7 Å². The number of carbonyl (C=O) groups excluding carboxylic acids is 2. The summed E-state index contributed by atoms with van der Waals surface area (Å²) in [5, 5.41) is 15.8. The first-order valence-electron chi connectivity index (χ1n) is 13.4. The van der Waals surface area contributed by atoms with E-state index in [0.29, 0.717) is 31.7 Å². The normalized spacial score (nSPS) is 15.1. The molecule has 2 aromatic heterocycles. The van der Waals surface area contributed by atoms with E-state index in [0.717, 1.165) is 33.1 Å². The van der Waals surface area contributed by atoms with Gasteiger partial charge in [-0.15, -0.1) is 11.3 Å². The second-order valence-electron chi connectivity index (χ2n) is 9.79. The summed E-state index contributed by atoms with van der Waals surface area (Å²) in [4.78, 5) is 29.4. The molecule has 1 aromatic carbocycles. The van der Waals surface area contributed by atoms with Crippen LogP contribution in [0.5, 0.6) is 5.75 Å². The molecule has 39 heavy (non-hydrogen) atoms. The lowest BCUT2D eigenvalue weighted by molar-refractivity contribution is -0.130. The average Bonchev–Trinajstić information content (AvgIpc) is 3.61. The number of likely N-dealkylation sites (tertiary alicyclic amines) is 1. The van der Waals surface area contributed by atoms with Crippen LogP contribution in [0.4, 0.5) is 0 Å². The maximum Gasteiger partial charge on any atom is 0.230 e. The van der Waals surface area contributed by atoms with E-state index < -0.39 is 0 Å². The van der Waals surface area contributed by atoms with Crippen LogP contribution in [0.2, 0.25) is 0 Å². The van der Waals surface area contributed by atoms with Gasteiger partial charge >= 0.3 is 0 Å². The number of aryl methyl sites for hydroxylation is 2. The minimum Gasteiger partial charge on any atom is -0.491 e. The largest absolute Gasteiger partial charge is 0.491 e. The molecular weight excluding hydrogens is 516 g/mol. The lowest BCUT2D eigenvalue weighted by Crippen LogP contribution is -2.30. The van der Waals surface area contributed by atoms with Crippen molar-refractivity contribution in [2.45, 2.75) is 86.0 Å². The number of benzene rings is 1. The zero-order valence-corrected chi connectivity index (χ0v) is 24.9. The molecule has 214 valence electrons. The maximum atomic E-state index is 11.7. The molecule has 1 aliphatic rings. The molecule has 2 N–H and O–H groups in total. The molecule has 0 aliphatic carbocycles. The van der Waals surface area contributed by atoms with Gasteiger partial charge in [0.25, 0.3) is 0 Å². The summed E-state index contributed by atoms with van der Waals surface area (Å²) in [6.45, 7) is 15.1. The van der Waals surface area contributed by atoms with E-state index >= 15 is 0 Å². The molecule has 2 unspecified atom stereocenters. The number of ether oxygens (including phenoxy) is 1. The number of amides is 2. The number of nitrogens with zero attached hydrogens (tertiary/aromatic N) is 3. The Kier molecular flexibility index (Phi) is 13.1. The van der Waals surface area contributed by atoms with Gasteiger partial charge in [0.2, 0.25) is 12.3 Å². The lowest BCUT2D eigenvalue weighted by Gasteiger charge is -2.19. The minimum absolute atomic E-state index is 0.0114. The Bertz CT molecular complexity index is 1180. The standard InChI is InChI=1S/C16H20N2O2S.C10H14N2O3.C3H8/c1-10(2)20-15-7-13(16-12(4)18-9-21-16)5-6-14(15)11(3)17-8-19;1-7-4-9(15-11-7)5-10(14)12-3-2-8(13)6-12;1-3-2/h5-11H,1-4H3,(H,17,19);4,8,13H,2-3,5-6H2,1H3;3H2,1-2H3. The van der Waals surface area contributed by atoms with Crippen LogP contribution in [0.15, 0.2) is 34.3 Å². The van der Waals surface area contributed by atoms with Crippen molar-refractivity contribution in [1.29, 1.82) is 0 Å². The van der Waals surface area contributed by atoms with E-state index in [1.165, 1.54) is 6.42 Å². The predicted octanol–water partition coefficient (Wildman–Crippen LogP) is 5.25. The fourth-order valence-electron chi connectivity index (χ4n) is 3.89. The van der Waals surface area contributed by atoms with Crippen LogP contribution in [-0.4, -0.2) is 57.8 Å². The van der Waals surface area contributed by atoms with Gasteiger partial charge < -0.3 is 24.6 Å². The third-order valence-electron chi connectivity index (χ3n) is 5.69. The highest BCUT2D eigenvalue weighted by Crippen LogP contribution is 2.34. The number of carbonyl (C=O) groups is 2. The van der Waals surface area contributed by atoms with E-state index in [1.807, 2.05) is 58.3 Å². The monoisotopic (exact) mass is 558 g/mol. The van der Waals surface area contributed by atoms with E-state index in [2.05, 4.69) is 29.3 Å². The van der Waals surface area contributed by atoms with E-state index in [4.69, 9.17) is 9.26 Å². The number of thiazole rings is 1. The number of nitrogens with one attached hydrogen (secondary N) is 1. The molecule has 4 rings (SSSR count). The van der Waals surface area contributed by atoms with Crippen molar-refractivity contribution >= 4 is 23.7 Å². The van der Waals surface area contributed by atoms with Gasteiger partial charge in [-0.2, -0.15) is 0 Å². The Hall–Kier alpha value is -3.24. The molecule has 10 heteroatoms. The van der Waals surface area contributed by atoms with Crippen molar-refractivity contribution in [2.24, 2.45) is 0 Å². The summed E-state index contributed by atoms with van der Waals surface area (Å²) < 4.78 is 10.9. The van der Waals surface area contributed by atoms with Gasteiger partial charge in [0.05, 0.1) is 46.4 Å². The van der Waals surface area contributed by atoms with Gasteiger partial charge in [-0.3, -0.25) is 9.59 Å². The average molecular weight is 559 g/mol. The Morgan fingerprint density at radius 3 is 2.51 bits per heavy atom.